The summed E-state index contributed by atoms with van der Waals surface area (Å²) in [5.41, 5.74) is 5.03. The van der Waals surface area contributed by atoms with E-state index in [2.05, 4.69) is 4.74 Å². The highest BCUT2D eigenvalue weighted by Crippen LogP contribution is 2.20. The third-order valence-electron chi connectivity index (χ3n) is 1.45. The van der Waals surface area contributed by atoms with Crippen molar-refractivity contribution in [1.82, 2.24) is 0 Å². The summed E-state index contributed by atoms with van der Waals surface area (Å²) < 4.78 is 29.8. The van der Waals surface area contributed by atoms with E-state index in [1.807, 2.05) is 0 Å². The summed E-state index contributed by atoms with van der Waals surface area (Å²) in [7, 11) is 0. The molecule has 12 heavy (non-hydrogen) atoms. The van der Waals surface area contributed by atoms with Crippen LogP contribution in [0.4, 0.5) is 8.78 Å². The highest BCUT2D eigenvalue weighted by atomic mass is 19.3. The van der Waals surface area contributed by atoms with Crippen LogP contribution in [0.1, 0.15) is 20.3 Å². The molecule has 0 heterocycles. The summed E-state index contributed by atoms with van der Waals surface area (Å²) in [6, 6.07) is -1.46. The molecule has 0 rings (SSSR count). The summed E-state index contributed by atoms with van der Waals surface area (Å²) in [4.78, 5) is 10.6. The van der Waals surface area contributed by atoms with Crippen molar-refractivity contribution < 1.29 is 18.3 Å². The number of hydrogen-bond donors (Lipinski definition) is 1. The zero-order valence-corrected chi connectivity index (χ0v) is 7.14. The number of halogens is 2. The van der Waals surface area contributed by atoms with Gasteiger partial charge in [-0.15, -0.1) is 0 Å². The van der Waals surface area contributed by atoms with Crippen LogP contribution in [0.25, 0.3) is 0 Å². The predicted octanol–water partition coefficient (Wildman–Crippen LogP) is 0.922. The number of carbonyl (C=O) groups is 1. The zero-order valence-electron chi connectivity index (χ0n) is 7.14. The van der Waals surface area contributed by atoms with E-state index in [0.29, 0.717) is 0 Å². The Morgan fingerprint density at radius 3 is 2.42 bits per heavy atom. The van der Waals surface area contributed by atoms with Crippen LogP contribution >= 0.6 is 0 Å². The van der Waals surface area contributed by atoms with Gasteiger partial charge in [-0.3, -0.25) is 0 Å². The molecule has 0 radical (unpaired) electrons. The van der Waals surface area contributed by atoms with Crippen molar-refractivity contribution in [2.75, 3.05) is 6.61 Å². The summed E-state index contributed by atoms with van der Waals surface area (Å²) in [6.45, 7) is 2.88. The Morgan fingerprint density at radius 2 is 2.08 bits per heavy atom. The smallest absolute Gasteiger partial charge is 0.378 e. The molecule has 0 aromatic heterocycles. The molecule has 0 fully saturated rings. The van der Waals surface area contributed by atoms with Gasteiger partial charge in [-0.1, -0.05) is 6.92 Å². The Balaban J connectivity index is 4.27. The van der Waals surface area contributed by atoms with Crippen molar-refractivity contribution in [2.24, 2.45) is 5.73 Å². The van der Waals surface area contributed by atoms with Gasteiger partial charge in [0, 0.05) is 0 Å². The molecule has 0 saturated heterocycles. The average molecular weight is 181 g/mol. The van der Waals surface area contributed by atoms with E-state index in [1.165, 1.54) is 13.8 Å². The van der Waals surface area contributed by atoms with Crippen LogP contribution < -0.4 is 5.73 Å². The maximum absolute atomic E-state index is 12.8. The summed E-state index contributed by atoms with van der Waals surface area (Å²) in [5.74, 6) is -5.11. The Hall–Kier alpha value is -0.710. The molecular weight excluding hydrogens is 168 g/mol. The van der Waals surface area contributed by atoms with E-state index in [9.17, 15) is 13.6 Å². The maximum atomic E-state index is 12.8. The fourth-order valence-corrected chi connectivity index (χ4v) is 0.635. The maximum Gasteiger partial charge on any atom is 0.378 e. The monoisotopic (exact) mass is 181 g/mol. The first kappa shape index (κ1) is 11.3. The molecule has 5 heteroatoms. The predicted molar refractivity (Wildman–Crippen MR) is 39.8 cm³/mol. The van der Waals surface area contributed by atoms with Crippen LogP contribution in [0.5, 0.6) is 0 Å². The first-order valence-corrected chi connectivity index (χ1v) is 3.77. The first-order chi connectivity index (χ1) is 5.46. The summed E-state index contributed by atoms with van der Waals surface area (Å²) in [5, 5.41) is 0. The Kier molecular flexibility index (Phi) is 4.09. The highest BCUT2D eigenvalue weighted by molar-refractivity contribution is 5.78. The normalized spacial score (nSPS) is 14.1. The van der Waals surface area contributed by atoms with Crippen LogP contribution in [0.2, 0.25) is 0 Å². The van der Waals surface area contributed by atoms with E-state index in [4.69, 9.17) is 5.73 Å². The van der Waals surface area contributed by atoms with Crippen molar-refractivity contribution in [3.63, 3.8) is 0 Å². The molecule has 0 spiro atoms. The van der Waals surface area contributed by atoms with Gasteiger partial charge in [-0.05, 0) is 13.3 Å². The third kappa shape index (κ3) is 2.41. The number of rotatable bonds is 4. The third-order valence-corrected chi connectivity index (χ3v) is 1.45. The van der Waals surface area contributed by atoms with E-state index in [1.54, 1.807) is 0 Å². The Morgan fingerprint density at radius 1 is 1.58 bits per heavy atom. The van der Waals surface area contributed by atoms with E-state index >= 15 is 0 Å². The molecule has 0 aliphatic rings. The van der Waals surface area contributed by atoms with Crippen LogP contribution in [-0.2, 0) is 9.53 Å². The SMILES string of the molecule is CCOC(=O)C(F)(F)C(N)CC. The largest absolute Gasteiger partial charge is 0.462 e. The number of alkyl halides is 2. The minimum Gasteiger partial charge on any atom is -0.462 e. The van der Waals surface area contributed by atoms with Crippen LogP contribution in [0.3, 0.4) is 0 Å². The topological polar surface area (TPSA) is 52.3 Å². The molecule has 0 aromatic carbocycles. The average Bonchev–Trinajstić information content (AvgIpc) is 2.03. The van der Waals surface area contributed by atoms with Gasteiger partial charge in [0.2, 0.25) is 0 Å². The van der Waals surface area contributed by atoms with Crippen molar-refractivity contribution in [2.45, 2.75) is 32.2 Å². The minimum atomic E-state index is -3.56. The fourth-order valence-electron chi connectivity index (χ4n) is 0.635. The van der Waals surface area contributed by atoms with Gasteiger partial charge in [-0.2, -0.15) is 8.78 Å². The number of carbonyl (C=O) groups excluding carboxylic acids is 1. The fraction of sp³-hybridized carbons (Fsp3) is 0.857. The minimum absolute atomic E-state index is 0.0335. The molecule has 0 bridgehead atoms. The molecule has 72 valence electrons. The molecule has 0 amide bonds. The van der Waals surface area contributed by atoms with E-state index in [0.717, 1.165) is 0 Å². The molecule has 0 aliphatic carbocycles. The second-order valence-corrected chi connectivity index (χ2v) is 2.36. The van der Waals surface area contributed by atoms with Crippen molar-refractivity contribution in [1.29, 1.82) is 0 Å². The van der Waals surface area contributed by atoms with Gasteiger partial charge in [0.1, 0.15) is 0 Å². The second kappa shape index (κ2) is 4.35. The first-order valence-electron chi connectivity index (χ1n) is 3.77. The molecule has 3 nitrogen and oxygen atoms in total. The van der Waals surface area contributed by atoms with E-state index in [-0.39, 0.29) is 13.0 Å². The number of hydrogen-bond acceptors (Lipinski definition) is 3. The van der Waals surface area contributed by atoms with Gasteiger partial charge in [0.25, 0.3) is 0 Å². The van der Waals surface area contributed by atoms with Crippen LogP contribution in [0, 0.1) is 0 Å². The lowest BCUT2D eigenvalue weighted by Crippen LogP contribution is -2.47. The Labute approximate surface area is 69.9 Å². The van der Waals surface area contributed by atoms with Gasteiger partial charge in [0.05, 0.1) is 12.6 Å². The molecule has 0 aliphatic heterocycles. The summed E-state index contributed by atoms with van der Waals surface area (Å²) >= 11 is 0. The number of nitrogens with two attached hydrogens (primary N) is 1. The Bertz CT molecular complexity index is 161. The lowest BCUT2D eigenvalue weighted by molar-refractivity contribution is -0.174. The standard InChI is InChI=1S/C7H13F2NO2/c1-3-5(10)7(8,9)6(11)12-4-2/h5H,3-4,10H2,1-2H3. The molecule has 0 saturated carbocycles. The lowest BCUT2D eigenvalue weighted by Gasteiger charge is -2.19. The molecule has 2 N–H and O–H groups in total. The van der Waals surface area contributed by atoms with Crippen molar-refractivity contribution in [3.8, 4) is 0 Å². The van der Waals surface area contributed by atoms with Crippen LogP contribution in [-0.4, -0.2) is 24.5 Å². The van der Waals surface area contributed by atoms with Gasteiger partial charge in [0.15, 0.2) is 0 Å². The molecular formula is C7H13F2NO2. The van der Waals surface area contributed by atoms with Gasteiger partial charge >= 0.3 is 11.9 Å². The van der Waals surface area contributed by atoms with E-state index < -0.39 is 17.9 Å². The van der Waals surface area contributed by atoms with Crippen molar-refractivity contribution >= 4 is 5.97 Å². The van der Waals surface area contributed by atoms with Crippen LogP contribution in [0.15, 0.2) is 0 Å². The number of ether oxygens (including phenoxy) is 1. The molecule has 1 unspecified atom stereocenters. The molecule has 0 aromatic rings. The van der Waals surface area contributed by atoms with Gasteiger partial charge < -0.3 is 10.5 Å². The summed E-state index contributed by atoms with van der Waals surface area (Å²) in [6.07, 6.45) is 0.0335. The quantitative estimate of drug-likeness (QED) is 0.656. The number of esters is 1. The van der Waals surface area contributed by atoms with Gasteiger partial charge in [-0.25, -0.2) is 4.79 Å². The van der Waals surface area contributed by atoms with Crippen molar-refractivity contribution in [3.05, 3.63) is 0 Å². The highest BCUT2D eigenvalue weighted by Gasteiger charge is 2.45. The second-order valence-electron chi connectivity index (χ2n) is 2.36. The zero-order chi connectivity index (χ0) is 9.78. The molecule has 1 atom stereocenters. The lowest BCUT2D eigenvalue weighted by atomic mass is 10.1.